The van der Waals surface area contributed by atoms with Gasteiger partial charge in [0.15, 0.2) is 6.04 Å². The van der Waals surface area contributed by atoms with Crippen molar-refractivity contribution in [2.75, 3.05) is 20.8 Å². The molecule has 2 aromatic carbocycles. The van der Waals surface area contributed by atoms with Gasteiger partial charge in [-0.2, -0.15) is 4.73 Å². The standard InChI is InChI=1S/C44H58N8O13/c1-8-23(2)33-40(58)50-36(28-16-18-29(64-7)19-17-28)43(61)51(6)32(21-27-13-10-9-11-14-27)39(57)48-34(25(4)54)41(59)46-30(22-53)44(62)65-26(5)35(42(60)47-33)49-37(55)24(3)45-38(56)31-15-12-20-52(31)63/h9-20,23-26,30,32-36,53-54,63H,8,21-22H2,1-7H3,(H,45,56)(H,46,59)(H,47,60)(H,48,57)(H,49,55)(H,50,58). The van der Waals surface area contributed by atoms with E-state index in [0.29, 0.717) is 22.5 Å². The zero-order valence-electron chi connectivity index (χ0n) is 37.1. The third-order valence-electron chi connectivity index (χ3n) is 11.1. The monoisotopic (exact) mass is 906 g/mol. The van der Waals surface area contributed by atoms with E-state index in [1.54, 1.807) is 56.3 Å². The average Bonchev–Trinajstić information content (AvgIpc) is 3.73. The highest BCUT2D eigenvalue weighted by Crippen LogP contribution is 2.23. The minimum Gasteiger partial charge on any atom is -0.497 e. The van der Waals surface area contributed by atoms with Gasteiger partial charge in [-0.05, 0) is 62.1 Å². The van der Waals surface area contributed by atoms with E-state index in [9.17, 15) is 53.8 Å². The van der Waals surface area contributed by atoms with Gasteiger partial charge >= 0.3 is 5.97 Å². The van der Waals surface area contributed by atoms with Crippen molar-refractivity contribution < 1.29 is 63.3 Å². The third kappa shape index (κ3) is 13.0. The lowest BCUT2D eigenvalue weighted by Crippen LogP contribution is -2.61. The summed E-state index contributed by atoms with van der Waals surface area (Å²) in [6.07, 6.45) is -1.82. The fraction of sp³-hybridized carbons (Fsp3) is 0.455. The Labute approximate surface area is 375 Å². The number of nitrogens with one attached hydrogen (secondary N) is 6. The molecule has 65 heavy (non-hydrogen) atoms. The summed E-state index contributed by atoms with van der Waals surface area (Å²) in [6.45, 7) is 6.00. The molecule has 0 radical (unpaired) electrons. The van der Waals surface area contributed by atoms with Crippen LogP contribution in [0.2, 0.25) is 0 Å². The van der Waals surface area contributed by atoms with Crippen LogP contribution in [-0.2, 0) is 44.7 Å². The van der Waals surface area contributed by atoms with Crippen LogP contribution in [0.4, 0.5) is 0 Å². The van der Waals surface area contributed by atoms with Gasteiger partial charge in [-0.15, -0.1) is 0 Å². The highest BCUT2D eigenvalue weighted by atomic mass is 16.5. The molecule has 1 fully saturated rings. The Morgan fingerprint density at radius 1 is 0.846 bits per heavy atom. The molecule has 1 aliphatic rings. The molecule has 10 unspecified atom stereocenters. The van der Waals surface area contributed by atoms with Crippen LogP contribution in [0.15, 0.2) is 72.9 Å². The molecule has 0 saturated carbocycles. The van der Waals surface area contributed by atoms with Crippen LogP contribution in [0.1, 0.15) is 68.7 Å². The summed E-state index contributed by atoms with van der Waals surface area (Å²) in [5.74, 6) is -8.09. The zero-order chi connectivity index (χ0) is 48.1. The predicted octanol–water partition coefficient (Wildman–Crippen LogP) is -0.917. The molecule has 1 saturated heterocycles. The third-order valence-corrected chi connectivity index (χ3v) is 11.1. The van der Waals surface area contributed by atoms with Crippen LogP contribution in [0, 0.1) is 5.92 Å². The molecule has 0 bridgehead atoms. The number of aliphatic hydroxyl groups excluding tert-OH is 2. The minimum absolute atomic E-state index is 0.105. The maximum Gasteiger partial charge on any atom is 0.331 e. The number of ether oxygens (including phenoxy) is 2. The van der Waals surface area contributed by atoms with Crippen LogP contribution in [0.5, 0.6) is 5.75 Å². The first-order valence-corrected chi connectivity index (χ1v) is 20.9. The first-order chi connectivity index (χ1) is 30.8. The number of esters is 1. The van der Waals surface area contributed by atoms with Crippen molar-refractivity contribution in [1.82, 2.24) is 41.5 Å². The Bertz CT molecular complexity index is 2170. The maximum absolute atomic E-state index is 14.8. The van der Waals surface area contributed by atoms with Gasteiger partial charge in [-0.3, -0.25) is 33.6 Å². The number of methoxy groups -OCH3 is 1. The number of aromatic nitrogens is 1. The first-order valence-electron chi connectivity index (χ1n) is 20.9. The van der Waals surface area contributed by atoms with E-state index in [0.717, 1.165) is 4.90 Å². The van der Waals surface area contributed by atoms with Crippen LogP contribution < -0.4 is 36.6 Å². The number of likely N-dealkylation sites (N-methyl/N-ethyl adjacent to an activating group) is 1. The van der Waals surface area contributed by atoms with Crippen molar-refractivity contribution in [1.29, 1.82) is 0 Å². The molecule has 352 valence electrons. The number of cyclic esters (lactones) is 1. The van der Waals surface area contributed by atoms with E-state index in [4.69, 9.17) is 9.47 Å². The number of carbonyl (C=O) groups is 8. The van der Waals surface area contributed by atoms with E-state index >= 15 is 0 Å². The summed E-state index contributed by atoms with van der Waals surface area (Å²) < 4.78 is 11.4. The summed E-state index contributed by atoms with van der Waals surface area (Å²) in [4.78, 5) is 113. The second kappa shape index (κ2) is 23.1. The molecule has 4 rings (SSSR count). The largest absolute Gasteiger partial charge is 0.497 e. The van der Waals surface area contributed by atoms with Gasteiger partial charge in [0, 0.05) is 19.7 Å². The lowest BCUT2D eigenvalue weighted by atomic mass is 9.96. The molecule has 0 spiro atoms. The van der Waals surface area contributed by atoms with Gasteiger partial charge in [0.25, 0.3) is 5.91 Å². The number of hydrogen-bond donors (Lipinski definition) is 9. The number of carbonyl (C=O) groups excluding carboxylic acids is 8. The molecule has 3 aromatic rings. The second-order valence-corrected chi connectivity index (χ2v) is 15.8. The molecule has 0 aliphatic carbocycles. The van der Waals surface area contributed by atoms with Crippen molar-refractivity contribution in [2.24, 2.45) is 5.92 Å². The molecule has 10 atom stereocenters. The van der Waals surface area contributed by atoms with Gasteiger partial charge in [-0.1, -0.05) is 62.7 Å². The summed E-state index contributed by atoms with van der Waals surface area (Å²) >= 11 is 0. The number of rotatable bonds is 12. The van der Waals surface area contributed by atoms with Crippen molar-refractivity contribution in [3.8, 4) is 5.75 Å². The highest BCUT2D eigenvalue weighted by Gasteiger charge is 2.41. The molecule has 21 heteroatoms. The molecule has 1 aliphatic heterocycles. The molecule has 2 heterocycles. The van der Waals surface area contributed by atoms with Crippen molar-refractivity contribution >= 4 is 47.3 Å². The van der Waals surface area contributed by atoms with E-state index in [2.05, 4.69) is 31.9 Å². The summed E-state index contributed by atoms with van der Waals surface area (Å²) in [5.41, 5.74) is 0.642. The van der Waals surface area contributed by atoms with Crippen LogP contribution in [-0.4, -0.2) is 142 Å². The zero-order valence-corrected chi connectivity index (χ0v) is 37.1. The second-order valence-electron chi connectivity index (χ2n) is 15.8. The fourth-order valence-electron chi connectivity index (χ4n) is 6.85. The molecular weight excluding hydrogens is 849 g/mol. The Balaban J connectivity index is 1.83. The lowest BCUT2D eigenvalue weighted by molar-refractivity contribution is -0.157. The Morgan fingerprint density at radius 3 is 2.05 bits per heavy atom. The molecule has 21 nitrogen and oxygen atoms in total. The summed E-state index contributed by atoms with van der Waals surface area (Å²) in [7, 11) is 2.76. The Kier molecular flexibility index (Phi) is 18.0. The minimum atomic E-state index is -1.84. The fourth-order valence-corrected chi connectivity index (χ4v) is 6.85. The molecular formula is C44H58N8O13. The van der Waals surface area contributed by atoms with Crippen molar-refractivity contribution in [3.05, 3.63) is 89.7 Å². The molecule has 9 N–H and O–H groups in total. The number of nitrogens with zero attached hydrogens (tertiary/aromatic N) is 2. The normalized spacial score (nSPS) is 24.3. The van der Waals surface area contributed by atoms with E-state index < -0.39 is 114 Å². The predicted molar refractivity (Wildman–Crippen MR) is 231 cm³/mol. The van der Waals surface area contributed by atoms with Gasteiger partial charge in [0.2, 0.25) is 35.4 Å². The first kappa shape index (κ1) is 50.6. The van der Waals surface area contributed by atoms with Crippen molar-refractivity contribution in [2.45, 2.75) is 102 Å². The van der Waals surface area contributed by atoms with Crippen molar-refractivity contribution in [3.63, 3.8) is 0 Å². The maximum atomic E-state index is 14.8. The quantitative estimate of drug-likeness (QED) is 0.0787. The highest BCUT2D eigenvalue weighted by molar-refractivity contribution is 5.99. The SMILES string of the molecule is CCC(C)C1NC(=O)C(NC(=O)C(C)NC(=O)c2cccn2O)C(C)OC(=O)C(CO)NC(=O)C(C(C)O)NC(=O)C(Cc2ccccc2)N(C)C(=O)C(c2ccc(OC)cc2)NC1=O. The van der Waals surface area contributed by atoms with Gasteiger partial charge < -0.3 is 61.7 Å². The van der Waals surface area contributed by atoms with Crippen LogP contribution in [0.3, 0.4) is 0 Å². The number of hydrogen-bond acceptors (Lipinski definition) is 13. The lowest BCUT2D eigenvalue weighted by Gasteiger charge is -2.34. The van der Waals surface area contributed by atoms with Gasteiger partial charge in [0.05, 0.1) is 19.8 Å². The van der Waals surface area contributed by atoms with Crippen LogP contribution in [0.25, 0.3) is 0 Å². The summed E-state index contributed by atoms with van der Waals surface area (Å²) in [6, 6.07) is 6.35. The van der Waals surface area contributed by atoms with Crippen LogP contribution >= 0.6 is 0 Å². The Hall–Kier alpha value is -7.00. The molecule has 1 aromatic heterocycles. The van der Waals surface area contributed by atoms with Gasteiger partial charge in [0.1, 0.15) is 53.8 Å². The number of amides is 7. The number of benzene rings is 2. The smallest absolute Gasteiger partial charge is 0.331 e. The van der Waals surface area contributed by atoms with E-state index in [1.165, 1.54) is 65.4 Å². The summed E-state index contributed by atoms with van der Waals surface area (Å²) in [5, 5.41) is 45.8. The van der Waals surface area contributed by atoms with E-state index in [-0.39, 0.29) is 17.7 Å². The topological polar surface area (TPSA) is 296 Å². The Morgan fingerprint density at radius 2 is 1.48 bits per heavy atom. The van der Waals surface area contributed by atoms with Gasteiger partial charge in [-0.25, -0.2) is 4.79 Å². The van der Waals surface area contributed by atoms with E-state index in [1.807, 2.05) is 0 Å². The number of aliphatic hydroxyl groups is 2. The average molecular weight is 907 g/mol. The molecule has 7 amide bonds.